The van der Waals surface area contributed by atoms with Crippen LogP contribution in [0.25, 0.3) is 0 Å². The Labute approximate surface area is 85.9 Å². The summed E-state index contributed by atoms with van der Waals surface area (Å²) in [5.41, 5.74) is 0. The maximum absolute atomic E-state index is 11.2. The third kappa shape index (κ3) is 2.45. The van der Waals surface area contributed by atoms with E-state index >= 15 is 0 Å². The number of carbonyl (C=O) groups is 1. The summed E-state index contributed by atoms with van der Waals surface area (Å²) in [5, 5.41) is 2.89. The monoisotopic (exact) mass is 215 g/mol. The van der Waals surface area contributed by atoms with E-state index in [0.717, 1.165) is 22.1 Å². The highest BCUT2D eigenvalue weighted by Crippen LogP contribution is 2.29. The molecule has 2 rings (SSSR count). The number of hydrogen-bond donors (Lipinski definition) is 1. The quantitative estimate of drug-likeness (QED) is 0.825. The van der Waals surface area contributed by atoms with Gasteiger partial charge < -0.3 is 5.32 Å². The predicted octanol–water partition coefficient (Wildman–Crippen LogP) is 2.43. The van der Waals surface area contributed by atoms with Gasteiger partial charge in [-0.25, -0.2) is 0 Å². The lowest BCUT2D eigenvalue weighted by atomic mass is 10.4. The van der Waals surface area contributed by atoms with E-state index in [2.05, 4.69) is 5.32 Å². The van der Waals surface area contributed by atoms with E-state index in [4.69, 9.17) is 11.6 Å². The van der Waals surface area contributed by atoms with Gasteiger partial charge in [0.2, 0.25) is 5.91 Å². The average molecular weight is 216 g/mol. The van der Waals surface area contributed by atoms with Crippen LogP contribution < -0.4 is 5.32 Å². The summed E-state index contributed by atoms with van der Waals surface area (Å²) in [6.45, 7) is 0.618. The van der Waals surface area contributed by atoms with Crippen LogP contribution in [-0.2, 0) is 11.3 Å². The van der Waals surface area contributed by atoms with Gasteiger partial charge in [0.15, 0.2) is 0 Å². The first-order valence-electron chi connectivity index (χ1n) is 4.27. The molecule has 1 amide bonds. The first-order chi connectivity index (χ1) is 6.25. The minimum atomic E-state index is 0.185. The van der Waals surface area contributed by atoms with Crippen molar-refractivity contribution in [3.05, 3.63) is 21.3 Å². The van der Waals surface area contributed by atoms with E-state index in [0.29, 0.717) is 6.54 Å². The Morgan fingerprint density at radius 2 is 2.38 bits per heavy atom. The van der Waals surface area contributed by atoms with Crippen LogP contribution in [0.1, 0.15) is 17.7 Å². The fourth-order valence-electron chi connectivity index (χ4n) is 1.11. The van der Waals surface area contributed by atoms with Crippen LogP contribution in [0.5, 0.6) is 0 Å². The molecule has 1 saturated carbocycles. The summed E-state index contributed by atoms with van der Waals surface area (Å²) in [5.74, 6) is 0.472. The van der Waals surface area contributed by atoms with Crippen LogP contribution in [0, 0.1) is 5.92 Å². The lowest BCUT2D eigenvalue weighted by molar-refractivity contribution is -0.122. The third-order valence-corrected chi connectivity index (χ3v) is 3.24. The molecule has 0 aliphatic heterocycles. The van der Waals surface area contributed by atoms with E-state index < -0.39 is 0 Å². The van der Waals surface area contributed by atoms with Gasteiger partial charge in [-0.3, -0.25) is 4.79 Å². The fourth-order valence-corrected chi connectivity index (χ4v) is 2.14. The predicted molar refractivity (Wildman–Crippen MR) is 53.9 cm³/mol. The van der Waals surface area contributed by atoms with E-state index in [1.807, 2.05) is 12.1 Å². The fraction of sp³-hybridized carbons (Fsp3) is 0.444. The number of thiophene rings is 1. The van der Waals surface area contributed by atoms with Gasteiger partial charge in [0, 0.05) is 10.8 Å². The number of nitrogens with one attached hydrogen (secondary N) is 1. The van der Waals surface area contributed by atoms with Crippen molar-refractivity contribution in [3.63, 3.8) is 0 Å². The van der Waals surface area contributed by atoms with Gasteiger partial charge in [-0.15, -0.1) is 11.3 Å². The van der Waals surface area contributed by atoms with Gasteiger partial charge in [0.25, 0.3) is 0 Å². The molecule has 0 radical (unpaired) electrons. The highest BCUT2D eigenvalue weighted by atomic mass is 35.5. The molecule has 1 aromatic heterocycles. The van der Waals surface area contributed by atoms with E-state index in [1.54, 1.807) is 0 Å². The topological polar surface area (TPSA) is 29.1 Å². The van der Waals surface area contributed by atoms with Gasteiger partial charge in [0.05, 0.1) is 10.9 Å². The standard InChI is InChI=1S/C9H10ClNOS/c10-8-4-3-7(13-8)5-11-9(12)6-1-2-6/h3-4,6H,1-2,5H2,(H,11,12). The Hall–Kier alpha value is -0.540. The highest BCUT2D eigenvalue weighted by Gasteiger charge is 2.29. The normalized spacial score (nSPS) is 15.8. The van der Waals surface area contributed by atoms with Crippen LogP contribution in [0.15, 0.2) is 12.1 Å². The van der Waals surface area contributed by atoms with Crippen LogP contribution in [-0.4, -0.2) is 5.91 Å². The van der Waals surface area contributed by atoms with Crippen molar-refractivity contribution in [2.45, 2.75) is 19.4 Å². The Balaban J connectivity index is 1.81. The van der Waals surface area contributed by atoms with Crippen molar-refractivity contribution in [2.24, 2.45) is 5.92 Å². The van der Waals surface area contributed by atoms with Crippen molar-refractivity contribution in [1.29, 1.82) is 0 Å². The largest absolute Gasteiger partial charge is 0.351 e. The smallest absolute Gasteiger partial charge is 0.223 e. The average Bonchev–Trinajstić information content (AvgIpc) is 2.87. The molecule has 0 saturated heterocycles. The molecule has 0 atom stereocenters. The summed E-state index contributed by atoms with van der Waals surface area (Å²) >= 11 is 7.27. The molecule has 0 bridgehead atoms. The zero-order valence-corrected chi connectivity index (χ0v) is 8.62. The Bertz CT molecular complexity index is 319. The maximum atomic E-state index is 11.2. The van der Waals surface area contributed by atoms with Crippen LogP contribution in [0.2, 0.25) is 4.34 Å². The summed E-state index contributed by atoms with van der Waals surface area (Å²) in [6, 6.07) is 3.80. The van der Waals surface area contributed by atoms with Crippen molar-refractivity contribution in [1.82, 2.24) is 5.32 Å². The first kappa shape index (κ1) is 9.03. The van der Waals surface area contributed by atoms with Crippen molar-refractivity contribution in [3.8, 4) is 0 Å². The van der Waals surface area contributed by atoms with Gasteiger partial charge >= 0.3 is 0 Å². The maximum Gasteiger partial charge on any atom is 0.223 e. The van der Waals surface area contributed by atoms with Crippen molar-refractivity contribution < 1.29 is 4.79 Å². The van der Waals surface area contributed by atoms with Gasteiger partial charge in [0.1, 0.15) is 0 Å². The number of halogens is 1. The summed E-state index contributed by atoms with van der Waals surface area (Å²) in [4.78, 5) is 12.4. The molecule has 70 valence electrons. The third-order valence-electron chi connectivity index (χ3n) is 2.01. The SMILES string of the molecule is O=C(NCc1ccc(Cl)s1)C1CC1. The van der Waals surface area contributed by atoms with Crippen molar-refractivity contribution in [2.75, 3.05) is 0 Å². The molecule has 1 fully saturated rings. The second-order valence-corrected chi connectivity index (χ2v) is 5.00. The molecule has 0 spiro atoms. The summed E-state index contributed by atoms with van der Waals surface area (Å²) in [7, 11) is 0. The first-order valence-corrected chi connectivity index (χ1v) is 5.47. The number of amides is 1. The second-order valence-electron chi connectivity index (χ2n) is 3.20. The zero-order valence-electron chi connectivity index (χ0n) is 7.05. The molecule has 4 heteroatoms. The molecule has 1 N–H and O–H groups in total. The Morgan fingerprint density at radius 1 is 1.62 bits per heavy atom. The van der Waals surface area contributed by atoms with Gasteiger partial charge in [-0.2, -0.15) is 0 Å². The molecule has 1 aromatic rings. The molecule has 1 aliphatic rings. The van der Waals surface area contributed by atoms with E-state index in [9.17, 15) is 4.79 Å². The number of rotatable bonds is 3. The molecule has 13 heavy (non-hydrogen) atoms. The van der Waals surface area contributed by atoms with Gasteiger partial charge in [-0.05, 0) is 25.0 Å². The van der Waals surface area contributed by atoms with E-state index in [1.165, 1.54) is 11.3 Å². The van der Waals surface area contributed by atoms with Crippen molar-refractivity contribution >= 4 is 28.8 Å². The summed E-state index contributed by atoms with van der Waals surface area (Å²) in [6.07, 6.45) is 2.11. The molecular formula is C9H10ClNOS. The molecule has 0 unspecified atom stereocenters. The molecular weight excluding hydrogens is 206 g/mol. The molecule has 2 nitrogen and oxygen atoms in total. The van der Waals surface area contributed by atoms with Crippen LogP contribution in [0.3, 0.4) is 0 Å². The molecule has 0 aromatic carbocycles. The number of hydrogen-bond acceptors (Lipinski definition) is 2. The van der Waals surface area contributed by atoms with Crippen LogP contribution in [0.4, 0.5) is 0 Å². The Kier molecular flexibility index (Phi) is 2.56. The summed E-state index contributed by atoms with van der Waals surface area (Å²) < 4.78 is 0.774. The number of carbonyl (C=O) groups excluding carboxylic acids is 1. The zero-order chi connectivity index (χ0) is 9.26. The molecule has 1 aliphatic carbocycles. The Morgan fingerprint density at radius 3 is 2.92 bits per heavy atom. The minimum Gasteiger partial charge on any atom is -0.351 e. The van der Waals surface area contributed by atoms with Gasteiger partial charge in [-0.1, -0.05) is 11.6 Å². The van der Waals surface area contributed by atoms with Crippen LogP contribution >= 0.6 is 22.9 Å². The lowest BCUT2D eigenvalue weighted by Gasteiger charge is -2.00. The second kappa shape index (κ2) is 3.68. The van der Waals surface area contributed by atoms with E-state index in [-0.39, 0.29) is 11.8 Å². The lowest BCUT2D eigenvalue weighted by Crippen LogP contribution is -2.23. The molecule has 1 heterocycles. The minimum absolute atomic E-state index is 0.185. The highest BCUT2D eigenvalue weighted by molar-refractivity contribution is 7.16.